The Morgan fingerprint density at radius 2 is 1.92 bits per heavy atom. The summed E-state index contributed by atoms with van der Waals surface area (Å²) in [5, 5.41) is 0. The van der Waals surface area contributed by atoms with Crippen LogP contribution in [0.15, 0.2) is 30.3 Å². The Hall–Kier alpha value is -1.39. The van der Waals surface area contributed by atoms with Crippen LogP contribution in [0.1, 0.15) is 42.5 Å². The van der Waals surface area contributed by atoms with Crippen molar-refractivity contribution < 1.29 is 9.53 Å². The summed E-state index contributed by atoms with van der Waals surface area (Å²) in [5.74, 6) is 0.788. The third kappa shape index (κ3) is 3.35. The summed E-state index contributed by atoms with van der Waals surface area (Å²) in [6, 6.07) is 9.65. The normalized spacial score (nSPS) is 31.0. The first-order chi connectivity index (χ1) is 11.7. The second kappa shape index (κ2) is 6.85. The third-order valence-electron chi connectivity index (χ3n) is 5.85. The van der Waals surface area contributed by atoms with Crippen molar-refractivity contribution in [2.24, 2.45) is 5.92 Å². The number of amides is 1. The number of carbonyl (C=O) groups excluding carboxylic acids is 1. The van der Waals surface area contributed by atoms with Crippen molar-refractivity contribution in [2.75, 3.05) is 39.3 Å². The molecule has 1 aromatic carbocycles. The van der Waals surface area contributed by atoms with Crippen molar-refractivity contribution >= 4 is 5.91 Å². The maximum Gasteiger partial charge on any atom is 0.253 e. The molecule has 3 fully saturated rings. The Labute approximate surface area is 144 Å². The van der Waals surface area contributed by atoms with Crippen LogP contribution in [-0.4, -0.2) is 60.6 Å². The number of ether oxygens (including phenoxy) is 1. The maximum atomic E-state index is 12.8. The average Bonchev–Trinajstić information content (AvgIpc) is 3.26. The SMILES string of the molecule is O=C(c1ccccc1)N1CCCC2(CC(CN3CCCC3)CO2)C1. The second-order valence-electron chi connectivity index (χ2n) is 7.77. The van der Waals surface area contributed by atoms with Crippen LogP contribution in [0.4, 0.5) is 0 Å². The molecule has 0 saturated carbocycles. The number of nitrogens with zero attached hydrogens (tertiary/aromatic N) is 2. The molecule has 0 aliphatic carbocycles. The molecule has 3 heterocycles. The van der Waals surface area contributed by atoms with Crippen LogP contribution in [0.25, 0.3) is 0 Å². The lowest BCUT2D eigenvalue weighted by atomic mass is 9.86. The zero-order valence-corrected chi connectivity index (χ0v) is 14.5. The minimum Gasteiger partial charge on any atom is -0.373 e. The van der Waals surface area contributed by atoms with E-state index in [0.717, 1.165) is 44.5 Å². The van der Waals surface area contributed by atoms with Gasteiger partial charge in [-0.05, 0) is 63.2 Å². The van der Waals surface area contributed by atoms with Gasteiger partial charge >= 0.3 is 0 Å². The number of rotatable bonds is 3. The van der Waals surface area contributed by atoms with Gasteiger partial charge in [0.05, 0.1) is 12.2 Å². The van der Waals surface area contributed by atoms with E-state index in [0.29, 0.717) is 5.92 Å². The quantitative estimate of drug-likeness (QED) is 0.855. The van der Waals surface area contributed by atoms with E-state index in [2.05, 4.69) is 4.90 Å². The predicted octanol–water partition coefficient (Wildman–Crippen LogP) is 2.79. The van der Waals surface area contributed by atoms with Crippen LogP contribution in [0.3, 0.4) is 0 Å². The van der Waals surface area contributed by atoms with Gasteiger partial charge in [0.1, 0.15) is 0 Å². The van der Waals surface area contributed by atoms with E-state index in [9.17, 15) is 4.79 Å². The van der Waals surface area contributed by atoms with Crippen molar-refractivity contribution in [3.8, 4) is 0 Å². The topological polar surface area (TPSA) is 32.8 Å². The average molecular weight is 328 g/mol. The Balaban J connectivity index is 1.38. The zero-order valence-electron chi connectivity index (χ0n) is 14.5. The molecule has 24 heavy (non-hydrogen) atoms. The molecule has 4 nitrogen and oxygen atoms in total. The van der Waals surface area contributed by atoms with Crippen molar-refractivity contribution in [3.63, 3.8) is 0 Å². The number of benzene rings is 1. The fraction of sp³-hybridized carbons (Fsp3) is 0.650. The second-order valence-corrected chi connectivity index (χ2v) is 7.77. The molecule has 3 aliphatic rings. The van der Waals surface area contributed by atoms with E-state index in [4.69, 9.17) is 4.74 Å². The van der Waals surface area contributed by atoms with Crippen LogP contribution in [0.5, 0.6) is 0 Å². The van der Waals surface area contributed by atoms with Gasteiger partial charge < -0.3 is 14.5 Å². The molecule has 1 spiro atoms. The molecule has 130 valence electrons. The minimum atomic E-state index is -0.0902. The summed E-state index contributed by atoms with van der Waals surface area (Å²) < 4.78 is 6.30. The minimum absolute atomic E-state index is 0.0902. The largest absolute Gasteiger partial charge is 0.373 e. The maximum absolute atomic E-state index is 12.8. The van der Waals surface area contributed by atoms with E-state index >= 15 is 0 Å². The molecular formula is C20H28N2O2. The fourth-order valence-corrected chi connectivity index (χ4v) is 4.71. The lowest BCUT2D eigenvalue weighted by Crippen LogP contribution is -2.50. The number of hydrogen-bond donors (Lipinski definition) is 0. The van der Waals surface area contributed by atoms with Crippen LogP contribution in [-0.2, 0) is 4.74 Å². The van der Waals surface area contributed by atoms with Gasteiger partial charge in [-0.2, -0.15) is 0 Å². The number of carbonyl (C=O) groups is 1. The molecule has 2 unspecified atom stereocenters. The first-order valence-electron chi connectivity index (χ1n) is 9.45. The van der Waals surface area contributed by atoms with E-state index in [1.165, 1.54) is 32.5 Å². The Morgan fingerprint density at radius 3 is 2.71 bits per heavy atom. The fourth-order valence-electron chi connectivity index (χ4n) is 4.71. The van der Waals surface area contributed by atoms with Crippen molar-refractivity contribution in [3.05, 3.63) is 35.9 Å². The van der Waals surface area contributed by atoms with Gasteiger partial charge in [-0.3, -0.25) is 4.79 Å². The summed E-state index contributed by atoms with van der Waals surface area (Å²) in [5.41, 5.74) is 0.703. The molecule has 0 N–H and O–H groups in total. The van der Waals surface area contributed by atoms with Crippen LogP contribution in [0.2, 0.25) is 0 Å². The molecule has 1 amide bonds. The Kier molecular flexibility index (Phi) is 4.59. The Morgan fingerprint density at radius 1 is 1.12 bits per heavy atom. The summed E-state index contributed by atoms with van der Waals surface area (Å²) >= 11 is 0. The Bertz CT molecular complexity index is 570. The lowest BCUT2D eigenvalue weighted by Gasteiger charge is -2.40. The molecule has 4 heteroatoms. The summed E-state index contributed by atoms with van der Waals surface area (Å²) in [6.45, 7) is 6.16. The molecule has 0 radical (unpaired) electrons. The molecule has 0 bridgehead atoms. The third-order valence-corrected chi connectivity index (χ3v) is 5.85. The molecule has 4 rings (SSSR count). The molecule has 1 aromatic rings. The van der Waals surface area contributed by atoms with Gasteiger partial charge in [-0.25, -0.2) is 0 Å². The monoisotopic (exact) mass is 328 g/mol. The number of piperidine rings is 1. The highest BCUT2D eigenvalue weighted by Crippen LogP contribution is 2.38. The highest BCUT2D eigenvalue weighted by atomic mass is 16.5. The molecular weight excluding hydrogens is 300 g/mol. The zero-order chi connectivity index (χ0) is 16.4. The highest BCUT2D eigenvalue weighted by molar-refractivity contribution is 5.94. The smallest absolute Gasteiger partial charge is 0.253 e. The van der Waals surface area contributed by atoms with Gasteiger partial charge in [0.25, 0.3) is 5.91 Å². The number of likely N-dealkylation sites (tertiary alicyclic amines) is 2. The highest BCUT2D eigenvalue weighted by Gasteiger charge is 2.44. The molecule has 0 aromatic heterocycles. The predicted molar refractivity (Wildman–Crippen MR) is 94.0 cm³/mol. The van der Waals surface area contributed by atoms with Crippen LogP contribution < -0.4 is 0 Å². The van der Waals surface area contributed by atoms with E-state index in [1.54, 1.807) is 0 Å². The van der Waals surface area contributed by atoms with Gasteiger partial charge in [-0.15, -0.1) is 0 Å². The summed E-state index contributed by atoms with van der Waals surface area (Å²) in [4.78, 5) is 17.4. The van der Waals surface area contributed by atoms with Crippen molar-refractivity contribution in [1.29, 1.82) is 0 Å². The molecule has 2 atom stereocenters. The van der Waals surface area contributed by atoms with E-state index in [-0.39, 0.29) is 11.5 Å². The van der Waals surface area contributed by atoms with Gasteiger partial charge in [0.2, 0.25) is 0 Å². The number of hydrogen-bond acceptors (Lipinski definition) is 3. The first kappa shape index (κ1) is 16.1. The molecule has 3 aliphatic heterocycles. The van der Waals surface area contributed by atoms with Crippen LogP contribution >= 0.6 is 0 Å². The van der Waals surface area contributed by atoms with Crippen molar-refractivity contribution in [2.45, 2.75) is 37.7 Å². The van der Waals surface area contributed by atoms with E-state index < -0.39 is 0 Å². The van der Waals surface area contributed by atoms with Gasteiger partial charge in [0, 0.05) is 25.2 Å². The van der Waals surface area contributed by atoms with Crippen LogP contribution in [0, 0.1) is 5.92 Å². The first-order valence-corrected chi connectivity index (χ1v) is 9.45. The van der Waals surface area contributed by atoms with Gasteiger partial charge in [-0.1, -0.05) is 18.2 Å². The van der Waals surface area contributed by atoms with Crippen molar-refractivity contribution in [1.82, 2.24) is 9.80 Å². The molecule has 3 saturated heterocycles. The van der Waals surface area contributed by atoms with Gasteiger partial charge in [0.15, 0.2) is 0 Å². The summed E-state index contributed by atoms with van der Waals surface area (Å²) in [7, 11) is 0. The van der Waals surface area contributed by atoms with E-state index in [1.807, 2.05) is 35.2 Å². The standard InChI is InChI=1S/C20H28N2O2/c23-19(18-7-2-1-3-8-18)22-12-6-9-20(16-22)13-17(15-24-20)14-21-10-4-5-11-21/h1-3,7-8,17H,4-6,9-16H2. The summed E-state index contributed by atoms with van der Waals surface area (Å²) in [6.07, 6.45) is 5.95. The lowest BCUT2D eigenvalue weighted by molar-refractivity contribution is -0.0450.